The van der Waals surface area contributed by atoms with Crippen molar-refractivity contribution in [3.05, 3.63) is 18.2 Å². The van der Waals surface area contributed by atoms with Crippen molar-refractivity contribution in [2.45, 2.75) is 70.6 Å². The summed E-state index contributed by atoms with van der Waals surface area (Å²) < 4.78 is 0. The van der Waals surface area contributed by atoms with Crippen LogP contribution in [0.15, 0.2) is 12.5 Å². The summed E-state index contributed by atoms with van der Waals surface area (Å²) in [5, 5.41) is 17.0. The molecule has 2 heterocycles. The second-order valence-corrected chi connectivity index (χ2v) is 9.05. The smallest absolute Gasteiger partial charge is 0.243 e. The maximum absolute atomic E-state index is 13.2. The van der Waals surface area contributed by atoms with Crippen LogP contribution >= 0.6 is 0 Å². The zero-order valence-corrected chi connectivity index (χ0v) is 20.2. The van der Waals surface area contributed by atoms with Gasteiger partial charge in [0.25, 0.3) is 0 Å². The van der Waals surface area contributed by atoms with E-state index in [4.69, 9.17) is 5.73 Å². The minimum atomic E-state index is -1.32. The van der Waals surface area contributed by atoms with Gasteiger partial charge in [-0.2, -0.15) is 0 Å². The minimum absolute atomic E-state index is 0.0115. The van der Waals surface area contributed by atoms with E-state index in [0.29, 0.717) is 31.5 Å². The van der Waals surface area contributed by atoms with Crippen LogP contribution in [0.5, 0.6) is 0 Å². The molecule has 0 saturated carbocycles. The van der Waals surface area contributed by atoms with Crippen LogP contribution in [0.1, 0.15) is 45.7 Å². The molecule has 0 aliphatic carbocycles. The lowest BCUT2D eigenvalue weighted by Crippen LogP contribution is -2.59. The van der Waals surface area contributed by atoms with Crippen LogP contribution in [0, 0.1) is 5.92 Å². The summed E-state index contributed by atoms with van der Waals surface area (Å²) in [6.07, 6.45) is 4.39. The van der Waals surface area contributed by atoms with E-state index < -0.39 is 54.4 Å². The SMILES string of the molecule is CC(=O)N1CCC[C@H]1C(=O)N[C@@H](CC(C)C)C(=O)N[C@@H](Cc1cnc[nH]1)C(=O)N[C@@H](CO)C(N)=O. The molecule has 13 nitrogen and oxygen atoms in total. The lowest BCUT2D eigenvalue weighted by atomic mass is 10.0. The molecule has 0 radical (unpaired) electrons. The maximum atomic E-state index is 13.2. The van der Waals surface area contributed by atoms with Crippen molar-refractivity contribution in [1.29, 1.82) is 0 Å². The summed E-state index contributed by atoms with van der Waals surface area (Å²) >= 11 is 0. The third kappa shape index (κ3) is 8.05. The average Bonchev–Trinajstić information content (AvgIpc) is 3.47. The Kier molecular flexibility index (Phi) is 10.2. The van der Waals surface area contributed by atoms with Gasteiger partial charge in [0.15, 0.2) is 0 Å². The molecule has 0 unspecified atom stereocenters. The monoisotopic (exact) mass is 493 g/mol. The van der Waals surface area contributed by atoms with Crippen molar-refractivity contribution in [3.8, 4) is 0 Å². The Morgan fingerprint density at radius 2 is 1.80 bits per heavy atom. The van der Waals surface area contributed by atoms with E-state index in [-0.39, 0.29) is 18.2 Å². The Bertz CT molecular complexity index is 904. The van der Waals surface area contributed by atoms with Crippen LogP contribution in [-0.4, -0.2) is 86.8 Å². The molecule has 35 heavy (non-hydrogen) atoms. The van der Waals surface area contributed by atoms with Gasteiger partial charge in [-0.3, -0.25) is 24.0 Å². The summed E-state index contributed by atoms with van der Waals surface area (Å²) in [5.74, 6) is -2.87. The highest BCUT2D eigenvalue weighted by Crippen LogP contribution is 2.18. The van der Waals surface area contributed by atoms with Crippen LogP contribution in [0.25, 0.3) is 0 Å². The van der Waals surface area contributed by atoms with Crippen molar-refractivity contribution in [1.82, 2.24) is 30.8 Å². The van der Waals surface area contributed by atoms with Gasteiger partial charge in [-0.05, 0) is 25.2 Å². The number of aliphatic hydroxyl groups excluding tert-OH is 1. The molecule has 1 aromatic heterocycles. The van der Waals surface area contributed by atoms with Gasteiger partial charge in [-0.1, -0.05) is 13.8 Å². The summed E-state index contributed by atoms with van der Waals surface area (Å²) in [5.41, 5.74) is 5.73. The van der Waals surface area contributed by atoms with E-state index in [2.05, 4.69) is 25.9 Å². The van der Waals surface area contributed by atoms with Gasteiger partial charge in [0.1, 0.15) is 24.2 Å². The normalized spacial score (nSPS) is 18.0. The number of H-pyrrole nitrogens is 1. The first kappa shape index (κ1) is 27.8. The van der Waals surface area contributed by atoms with Gasteiger partial charge in [0, 0.05) is 31.8 Å². The Balaban J connectivity index is 2.18. The van der Waals surface area contributed by atoms with Gasteiger partial charge < -0.3 is 36.7 Å². The minimum Gasteiger partial charge on any atom is -0.394 e. The van der Waals surface area contributed by atoms with E-state index in [1.54, 1.807) is 0 Å². The molecule has 1 fully saturated rings. The number of imidazole rings is 1. The number of primary amides is 1. The van der Waals surface area contributed by atoms with E-state index in [9.17, 15) is 29.1 Å². The number of carbonyl (C=O) groups excluding carboxylic acids is 5. The van der Waals surface area contributed by atoms with Crippen LogP contribution < -0.4 is 21.7 Å². The topological polar surface area (TPSA) is 200 Å². The molecule has 0 bridgehead atoms. The molecule has 4 atom stereocenters. The molecule has 5 amide bonds. The van der Waals surface area contributed by atoms with Crippen molar-refractivity contribution in [2.75, 3.05) is 13.2 Å². The molecule has 1 aromatic rings. The Labute approximate surface area is 203 Å². The number of nitrogens with two attached hydrogens (primary N) is 1. The largest absolute Gasteiger partial charge is 0.394 e. The van der Waals surface area contributed by atoms with Gasteiger partial charge in [0.05, 0.1) is 12.9 Å². The second-order valence-electron chi connectivity index (χ2n) is 9.05. The highest BCUT2D eigenvalue weighted by molar-refractivity contribution is 5.95. The summed E-state index contributed by atoms with van der Waals surface area (Å²) in [6, 6.07) is -4.09. The van der Waals surface area contributed by atoms with Gasteiger partial charge in [-0.25, -0.2) is 4.98 Å². The average molecular weight is 494 g/mol. The fraction of sp³-hybridized carbons (Fsp3) is 0.636. The standard InChI is InChI=1S/C22H35N7O6/c1-12(2)7-15(27-22(35)18-5-4-6-29(18)13(3)31)20(33)26-16(8-14-9-24-11-25-14)21(34)28-17(10-30)19(23)32/h9,11-12,15-18,30H,4-8,10H2,1-3H3,(H2,23,32)(H,24,25)(H,26,33)(H,27,35)(H,28,34)/t15-,16-,17-,18-/m0/s1. The highest BCUT2D eigenvalue weighted by atomic mass is 16.3. The van der Waals surface area contributed by atoms with Crippen molar-refractivity contribution >= 4 is 29.5 Å². The molecule has 0 aromatic carbocycles. The number of nitrogens with one attached hydrogen (secondary N) is 4. The predicted molar refractivity (Wildman–Crippen MR) is 124 cm³/mol. The van der Waals surface area contributed by atoms with Crippen molar-refractivity contribution in [2.24, 2.45) is 11.7 Å². The number of amides is 5. The van der Waals surface area contributed by atoms with Gasteiger partial charge >= 0.3 is 0 Å². The third-order valence-electron chi connectivity index (χ3n) is 5.75. The molecular weight excluding hydrogens is 458 g/mol. The number of hydrogen-bond acceptors (Lipinski definition) is 7. The Morgan fingerprint density at radius 1 is 1.14 bits per heavy atom. The van der Waals surface area contributed by atoms with Crippen LogP contribution in [0.4, 0.5) is 0 Å². The highest BCUT2D eigenvalue weighted by Gasteiger charge is 2.35. The van der Waals surface area contributed by atoms with E-state index >= 15 is 0 Å². The Morgan fingerprint density at radius 3 is 2.34 bits per heavy atom. The zero-order valence-electron chi connectivity index (χ0n) is 20.2. The van der Waals surface area contributed by atoms with E-state index in [0.717, 1.165) is 0 Å². The molecule has 13 heteroatoms. The number of rotatable bonds is 12. The molecule has 1 saturated heterocycles. The zero-order chi connectivity index (χ0) is 26.1. The molecule has 7 N–H and O–H groups in total. The first-order chi connectivity index (χ1) is 16.5. The van der Waals surface area contributed by atoms with Gasteiger partial charge in [0.2, 0.25) is 29.5 Å². The first-order valence-corrected chi connectivity index (χ1v) is 11.6. The summed E-state index contributed by atoms with van der Waals surface area (Å²) in [4.78, 5) is 70.5. The van der Waals surface area contributed by atoms with E-state index in [1.807, 2.05) is 13.8 Å². The fourth-order valence-electron chi connectivity index (χ4n) is 3.96. The summed E-state index contributed by atoms with van der Waals surface area (Å²) in [6.45, 7) is 4.95. The fourth-order valence-corrected chi connectivity index (χ4v) is 3.96. The molecule has 1 aliphatic heterocycles. The molecule has 2 rings (SSSR count). The van der Waals surface area contributed by atoms with Crippen LogP contribution in [0.3, 0.4) is 0 Å². The first-order valence-electron chi connectivity index (χ1n) is 11.6. The number of carbonyl (C=O) groups is 5. The molecule has 194 valence electrons. The number of nitrogens with zero attached hydrogens (tertiary/aromatic N) is 2. The summed E-state index contributed by atoms with van der Waals surface area (Å²) in [7, 11) is 0. The number of aliphatic hydroxyl groups is 1. The Hall–Kier alpha value is -3.48. The van der Waals surface area contributed by atoms with Crippen LogP contribution in [0.2, 0.25) is 0 Å². The number of aromatic amines is 1. The third-order valence-corrected chi connectivity index (χ3v) is 5.75. The molecular formula is C22H35N7O6. The maximum Gasteiger partial charge on any atom is 0.243 e. The molecule has 0 spiro atoms. The lowest BCUT2D eigenvalue weighted by Gasteiger charge is -2.27. The van der Waals surface area contributed by atoms with Crippen LogP contribution in [-0.2, 0) is 30.4 Å². The predicted octanol–water partition coefficient (Wildman–Crippen LogP) is -2.06. The van der Waals surface area contributed by atoms with Gasteiger partial charge in [-0.15, -0.1) is 0 Å². The number of aromatic nitrogens is 2. The quantitative estimate of drug-likeness (QED) is 0.192. The molecule has 1 aliphatic rings. The van der Waals surface area contributed by atoms with Crippen molar-refractivity contribution in [3.63, 3.8) is 0 Å². The second kappa shape index (κ2) is 12.8. The number of likely N-dealkylation sites (tertiary alicyclic amines) is 1. The lowest BCUT2D eigenvalue weighted by molar-refractivity contribution is -0.138. The van der Waals surface area contributed by atoms with Crippen molar-refractivity contribution < 1.29 is 29.1 Å². The number of hydrogen-bond donors (Lipinski definition) is 6. The van der Waals surface area contributed by atoms with E-state index in [1.165, 1.54) is 24.3 Å².